The first kappa shape index (κ1) is 18.3. The minimum atomic E-state index is -0.380. The molecule has 0 unspecified atom stereocenters. The van der Waals surface area contributed by atoms with Crippen LogP contribution in [0.2, 0.25) is 0 Å². The zero-order valence-electron chi connectivity index (χ0n) is 15.9. The molecule has 2 amide bonds. The van der Waals surface area contributed by atoms with E-state index in [4.69, 9.17) is 9.31 Å². The molecule has 1 aromatic heterocycles. The van der Waals surface area contributed by atoms with E-state index in [1.807, 2.05) is 28.9 Å². The van der Waals surface area contributed by atoms with Gasteiger partial charge in [-0.15, -0.1) is 0 Å². The number of nitrogens with zero attached hydrogens (tertiary/aromatic N) is 3. The summed E-state index contributed by atoms with van der Waals surface area (Å²) in [4.78, 5) is 13.8. The largest absolute Gasteiger partial charge is 0.498 e. The maximum Gasteiger partial charge on any atom is 0.498 e. The van der Waals surface area contributed by atoms with Gasteiger partial charge >= 0.3 is 13.1 Å². The minimum Gasteiger partial charge on any atom is -0.399 e. The molecular formula is C17H29BN4O3. The van der Waals surface area contributed by atoms with E-state index in [0.29, 0.717) is 12.6 Å². The molecule has 0 bridgehead atoms. The number of urea groups is 1. The molecule has 8 heteroatoms. The number of nitrogens with one attached hydrogen (secondary N) is 1. The van der Waals surface area contributed by atoms with E-state index in [-0.39, 0.29) is 24.4 Å². The lowest BCUT2D eigenvalue weighted by Gasteiger charge is -2.32. The fourth-order valence-electron chi connectivity index (χ4n) is 3.25. The number of aromatic nitrogens is 2. The number of piperidine rings is 1. The first-order valence-corrected chi connectivity index (χ1v) is 9.16. The van der Waals surface area contributed by atoms with Gasteiger partial charge in [-0.05, 0) is 47.5 Å². The van der Waals surface area contributed by atoms with Crippen molar-refractivity contribution < 1.29 is 14.1 Å². The van der Waals surface area contributed by atoms with Crippen molar-refractivity contribution in [2.75, 3.05) is 19.6 Å². The third-order valence-electron chi connectivity index (χ3n) is 5.60. The smallest absolute Gasteiger partial charge is 0.399 e. The molecule has 1 N–H and O–H groups in total. The lowest BCUT2D eigenvalue weighted by atomic mass is 9.82. The van der Waals surface area contributed by atoms with Gasteiger partial charge in [-0.25, -0.2) is 4.79 Å². The van der Waals surface area contributed by atoms with Crippen molar-refractivity contribution in [2.45, 2.75) is 64.7 Å². The van der Waals surface area contributed by atoms with Crippen LogP contribution in [0.3, 0.4) is 0 Å². The summed E-state index contributed by atoms with van der Waals surface area (Å²) in [5, 5.41) is 7.38. The summed E-state index contributed by atoms with van der Waals surface area (Å²) >= 11 is 0. The van der Waals surface area contributed by atoms with Gasteiger partial charge in [-0.1, -0.05) is 0 Å². The average molecular weight is 348 g/mol. The Morgan fingerprint density at radius 3 is 2.44 bits per heavy atom. The average Bonchev–Trinajstić information content (AvgIpc) is 3.11. The summed E-state index contributed by atoms with van der Waals surface area (Å²) in [6, 6.07) is 0.334. The van der Waals surface area contributed by atoms with Crippen LogP contribution in [0.15, 0.2) is 12.4 Å². The minimum absolute atomic E-state index is 0.0272. The molecule has 0 saturated carbocycles. The van der Waals surface area contributed by atoms with Crippen LogP contribution < -0.4 is 10.8 Å². The molecule has 2 aliphatic heterocycles. The van der Waals surface area contributed by atoms with Gasteiger partial charge in [-0.3, -0.25) is 4.68 Å². The van der Waals surface area contributed by atoms with Crippen LogP contribution in [0.4, 0.5) is 4.79 Å². The van der Waals surface area contributed by atoms with Crippen molar-refractivity contribution in [1.29, 1.82) is 0 Å². The second kappa shape index (κ2) is 6.65. The Labute approximate surface area is 150 Å². The number of carbonyl (C=O) groups excluding carboxylic acids is 1. The Morgan fingerprint density at radius 2 is 1.88 bits per heavy atom. The summed E-state index contributed by atoms with van der Waals surface area (Å²) in [7, 11) is -0.380. The van der Waals surface area contributed by atoms with Crippen molar-refractivity contribution in [3.8, 4) is 0 Å². The van der Waals surface area contributed by atoms with Gasteiger partial charge in [-0.2, -0.15) is 5.10 Å². The highest BCUT2D eigenvalue weighted by Crippen LogP contribution is 2.36. The zero-order valence-corrected chi connectivity index (χ0v) is 15.9. The Hall–Kier alpha value is -1.54. The number of amides is 2. The summed E-state index contributed by atoms with van der Waals surface area (Å²) < 4.78 is 14.2. The molecule has 1 aromatic rings. The Bertz CT molecular complexity index is 607. The molecule has 3 heterocycles. The highest BCUT2D eigenvalue weighted by atomic mass is 16.7. The van der Waals surface area contributed by atoms with Crippen LogP contribution in [-0.2, 0) is 9.31 Å². The van der Waals surface area contributed by atoms with Crippen molar-refractivity contribution in [3.05, 3.63) is 12.4 Å². The lowest BCUT2D eigenvalue weighted by molar-refractivity contribution is 0.00578. The number of hydrogen-bond donors (Lipinski definition) is 1. The number of hydrogen-bond acceptors (Lipinski definition) is 4. The van der Waals surface area contributed by atoms with Gasteiger partial charge in [0.05, 0.1) is 17.2 Å². The molecule has 138 valence electrons. The normalized spacial score (nSPS) is 23.1. The van der Waals surface area contributed by atoms with Crippen LogP contribution in [0.1, 0.15) is 53.5 Å². The molecular weight excluding hydrogens is 319 g/mol. The molecule has 0 aliphatic carbocycles. The summed E-state index contributed by atoms with van der Waals surface area (Å²) in [5.74, 6) is 0. The SMILES string of the molecule is CCNC(=O)N1CCC(n2cc(B3OC(C)(C)C(C)(C)O3)cn2)CC1. The van der Waals surface area contributed by atoms with Gasteiger partial charge in [0, 0.05) is 37.5 Å². The molecule has 3 rings (SSSR count). The van der Waals surface area contributed by atoms with E-state index in [1.54, 1.807) is 0 Å². The zero-order chi connectivity index (χ0) is 18.2. The van der Waals surface area contributed by atoms with Crippen LogP contribution in [-0.4, -0.2) is 58.7 Å². The molecule has 0 radical (unpaired) electrons. The van der Waals surface area contributed by atoms with Crippen LogP contribution in [0.25, 0.3) is 0 Å². The number of likely N-dealkylation sites (tertiary alicyclic amines) is 1. The fraction of sp³-hybridized carbons (Fsp3) is 0.765. The van der Waals surface area contributed by atoms with Crippen LogP contribution >= 0.6 is 0 Å². The van der Waals surface area contributed by atoms with Gasteiger partial charge in [0.15, 0.2) is 0 Å². The van der Waals surface area contributed by atoms with E-state index in [2.05, 4.69) is 38.1 Å². The predicted molar refractivity (Wildman–Crippen MR) is 96.9 cm³/mol. The Balaban J connectivity index is 1.61. The first-order chi connectivity index (χ1) is 11.7. The van der Waals surface area contributed by atoms with Gasteiger partial charge in [0.1, 0.15) is 0 Å². The summed E-state index contributed by atoms with van der Waals surface area (Å²) in [5.41, 5.74) is 0.250. The Morgan fingerprint density at radius 1 is 1.28 bits per heavy atom. The Kier molecular flexibility index (Phi) is 4.85. The molecule has 2 fully saturated rings. The second-order valence-corrected chi connectivity index (χ2v) is 7.90. The third kappa shape index (κ3) is 3.55. The predicted octanol–water partition coefficient (Wildman–Crippen LogP) is 1.55. The van der Waals surface area contributed by atoms with E-state index in [1.165, 1.54) is 0 Å². The summed E-state index contributed by atoms with van der Waals surface area (Å²) in [6.45, 7) is 12.3. The third-order valence-corrected chi connectivity index (χ3v) is 5.60. The van der Waals surface area contributed by atoms with E-state index < -0.39 is 0 Å². The van der Waals surface area contributed by atoms with Gasteiger partial charge < -0.3 is 19.5 Å². The molecule has 0 spiro atoms. The molecule has 0 aromatic carbocycles. The molecule has 2 aliphatic rings. The topological polar surface area (TPSA) is 68.6 Å². The second-order valence-electron chi connectivity index (χ2n) is 7.90. The monoisotopic (exact) mass is 348 g/mol. The quantitative estimate of drug-likeness (QED) is 0.842. The van der Waals surface area contributed by atoms with Crippen LogP contribution in [0, 0.1) is 0 Å². The van der Waals surface area contributed by atoms with E-state index in [9.17, 15) is 4.79 Å². The van der Waals surface area contributed by atoms with E-state index >= 15 is 0 Å². The van der Waals surface area contributed by atoms with E-state index in [0.717, 1.165) is 31.4 Å². The molecule has 2 saturated heterocycles. The highest BCUT2D eigenvalue weighted by Gasteiger charge is 2.52. The van der Waals surface area contributed by atoms with Gasteiger partial charge in [0.2, 0.25) is 0 Å². The molecule has 25 heavy (non-hydrogen) atoms. The summed E-state index contributed by atoms with van der Waals surface area (Å²) in [6.07, 6.45) is 5.66. The van der Waals surface area contributed by atoms with Crippen molar-refractivity contribution in [1.82, 2.24) is 20.0 Å². The van der Waals surface area contributed by atoms with Crippen molar-refractivity contribution >= 4 is 18.6 Å². The number of rotatable bonds is 3. The van der Waals surface area contributed by atoms with Crippen molar-refractivity contribution in [2.24, 2.45) is 0 Å². The standard InChI is InChI=1S/C17H29BN4O3/c1-6-19-15(23)21-9-7-14(8-10-21)22-12-13(11-20-22)18-24-16(2,3)17(4,5)25-18/h11-12,14H,6-10H2,1-5H3,(H,19,23). The molecule has 0 atom stereocenters. The highest BCUT2D eigenvalue weighted by molar-refractivity contribution is 6.62. The maximum absolute atomic E-state index is 11.9. The maximum atomic E-state index is 11.9. The lowest BCUT2D eigenvalue weighted by Crippen LogP contribution is -2.44. The fourth-order valence-corrected chi connectivity index (χ4v) is 3.25. The van der Waals surface area contributed by atoms with Crippen LogP contribution in [0.5, 0.6) is 0 Å². The first-order valence-electron chi connectivity index (χ1n) is 9.16. The van der Waals surface area contributed by atoms with Gasteiger partial charge in [0.25, 0.3) is 0 Å². The number of carbonyl (C=O) groups is 1. The molecule has 7 nitrogen and oxygen atoms in total. The van der Waals surface area contributed by atoms with Crippen molar-refractivity contribution in [3.63, 3.8) is 0 Å².